The van der Waals surface area contributed by atoms with Gasteiger partial charge in [-0.05, 0) is 30.4 Å². The Labute approximate surface area is 194 Å². The van der Waals surface area contributed by atoms with E-state index >= 15 is 0 Å². The minimum atomic E-state index is -3.81. The molecule has 2 heterocycles. The van der Waals surface area contributed by atoms with Gasteiger partial charge in [-0.15, -0.1) is 0 Å². The normalized spacial score (nSPS) is 15.6. The molecule has 0 aliphatic carbocycles. The third kappa shape index (κ3) is 4.86. The number of carbonyl (C=O) groups excluding carboxylic acids is 1. The van der Waals surface area contributed by atoms with E-state index in [-0.39, 0.29) is 22.9 Å². The Morgan fingerprint density at radius 2 is 1.61 bits per heavy atom. The molecule has 1 aromatic heterocycles. The van der Waals surface area contributed by atoms with Crippen LogP contribution in [0.2, 0.25) is 0 Å². The summed E-state index contributed by atoms with van der Waals surface area (Å²) in [5.74, 6) is 0.214. The summed E-state index contributed by atoms with van der Waals surface area (Å²) in [6, 6.07) is 16.3. The van der Waals surface area contributed by atoms with E-state index in [1.165, 1.54) is 20.0 Å². The summed E-state index contributed by atoms with van der Waals surface area (Å²) in [7, 11) is -2.13. The van der Waals surface area contributed by atoms with E-state index in [0.717, 1.165) is 18.4 Å². The van der Waals surface area contributed by atoms with Gasteiger partial charge in [-0.25, -0.2) is 8.42 Å². The Balaban J connectivity index is 1.69. The molecule has 0 spiro atoms. The second-order valence-electron chi connectivity index (χ2n) is 8.79. The van der Waals surface area contributed by atoms with Gasteiger partial charge in [0, 0.05) is 43.7 Å². The summed E-state index contributed by atoms with van der Waals surface area (Å²) in [6.45, 7) is 3.20. The maximum atomic E-state index is 13.5. The van der Waals surface area contributed by atoms with E-state index in [0.29, 0.717) is 36.3 Å². The van der Waals surface area contributed by atoms with Crippen LogP contribution in [0.5, 0.6) is 0 Å². The van der Waals surface area contributed by atoms with E-state index in [1.807, 2.05) is 30.3 Å². The Hall–Kier alpha value is -2.97. The smallest absolute Gasteiger partial charge is 0.258 e. The predicted molar refractivity (Wildman–Crippen MR) is 128 cm³/mol. The number of likely N-dealkylation sites (N-methyl/N-ethyl adjacent to an activating group) is 1. The predicted octanol–water partition coefficient (Wildman–Crippen LogP) is 3.08. The molecule has 1 aliphatic rings. The highest BCUT2D eigenvalue weighted by Crippen LogP contribution is 2.27. The molecule has 33 heavy (non-hydrogen) atoms. The summed E-state index contributed by atoms with van der Waals surface area (Å²) in [4.78, 5) is 27.7. The van der Waals surface area contributed by atoms with Crippen LogP contribution in [0, 0.1) is 5.92 Å². The number of nitrogens with zero attached hydrogens (tertiary/aromatic N) is 3. The lowest BCUT2D eigenvalue weighted by atomic mass is 10.0. The number of amides is 1. The fourth-order valence-electron chi connectivity index (χ4n) is 4.21. The van der Waals surface area contributed by atoms with Crippen molar-refractivity contribution in [2.45, 2.75) is 37.8 Å². The van der Waals surface area contributed by atoms with Gasteiger partial charge in [-0.2, -0.15) is 4.31 Å². The van der Waals surface area contributed by atoms with E-state index in [2.05, 4.69) is 6.92 Å². The van der Waals surface area contributed by atoms with Crippen molar-refractivity contribution >= 4 is 26.7 Å². The van der Waals surface area contributed by atoms with Crippen molar-refractivity contribution in [3.8, 4) is 0 Å². The average Bonchev–Trinajstić information content (AvgIpc) is 2.81. The van der Waals surface area contributed by atoms with E-state index in [1.54, 1.807) is 31.3 Å². The summed E-state index contributed by atoms with van der Waals surface area (Å²) in [6.07, 6.45) is 2.95. The molecule has 4 rings (SSSR count). The molecule has 0 bridgehead atoms. The fourth-order valence-corrected chi connectivity index (χ4v) is 5.89. The van der Waals surface area contributed by atoms with Crippen molar-refractivity contribution in [1.29, 1.82) is 0 Å². The van der Waals surface area contributed by atoms with Gasteiger partial charge in [0.25, 0.3) is 5.56 Å². The molecular weight excluding hydrogens is 438 g/mol. The summed E-state index contributed by atoms with van der Waals surface area (Å²) in [5, 5.41) is 0.685. The second kappa shape index (κ2) is 9.49. The lowest BCUT2D eigenvalue weighted by Gasteiger charge is -2.30. The number of carbonyl (C=O) groups is 1. The van der Waals surface area contributed by atoms with Gasteiger partial charge in [0.1, 0.15) is 11.4 Å². The molecule has 1 fully saturated rings. The molecule has 0 atom stereocenters. The van der Waals surface area contributed by atoms with Gasteiger partial charge in [0.15, 0.2) is 0 Å². The van der Waals surface area contributed by atoms with Crippen molar-refractivity contribution < 1.29 is 13.2 Å². The lowest BCUT2D eigenvalue weighted by molar-refractivity contribution is -0.131. The maximum absolute atomic E-state index is 13.5. The molecule has 7 nitrogen and oxygen atoms in total. The summed E-state index contributed by atoms with van der Waals surface area (Å²) in [5.41, 5.74) is 0.597. The zero-order valence-corrected chi connectivity index (χ0v) is 19.8. The van der Waals surface area contributed by atoms with Gasteiger partial charge in [-0.1, -0.05) is 55.5 Å². The first-order chi connectivity index (χ1) is 15.8. The van der Waals surface area contributed by atoms with Crippen molar-refractivity contribution in [3.05, 3.63) is 76.7 Å². The highest BCUT2D eigenvalue weighted by molar-refractivity contribution is 7.89. The minimum Gasteiger partial charge on any atom is -0.340 e. The van der Waals surface area contributed by atoms with Gasteiger partial charge in [-0.3, -0.25) is 9.59 Å². The zero-order valence-electron chi connectivity index (χ0n) is 19.0. The van der Waals surface area contributed by atoms with E-state index < -0.39 is 10.0 Å². The van der Waals surface area contributed by atoms with Crippen LogP contribution >= 0.6 is 0 Å². The number of hydrogen-bond donors (Lipinski definition) is 0. The lowest BCUT2D eigenvalue weighted by Crippen LogP contribution is -2.39. The molecule has 1 amide bonds. The monoisotopic (exact) mass is 467 g/mol. The Morgan fingerprint density at radius 1 is 1.00 bits per heavy atom. The highest BCUT2D eigenvalue weighted by Gasteiger charge is 2.30. The topological polar surface area (TPSA) is 79.7 Å². The first-order valence-electron chi connectivity index (χ1n) is 11.2. The third-order valence-electron chi connectivity index (χ3n) is 6.31. The molecule has 1 aliphatic heterocycles. The molecule has 1 saturated heterocycles. The van der Waals surface area contributed by atoms with Crippen LogP contribution in [0.15, 0.2) is 70.5 Å². The number of pyridine rings is 1. The van der Waals surface area contributed by atoms with Crippen molar-refractivity contribution in [2.24, 2.45) is 5.92 Å². The first kappa shape index (κ1) is 23.2. The minimum absolute atomic E-state index is 0.0748. The van der Waals surface area contributed by atoms with Crippen LogP contribution < -0.4 is 5.56 Å². The summed E-state index contributed by atoms with van der Waals surface area (Å²) < 4.78 is 29.8. The molecule has 2 aromatic carbocycles. The number of fused-ring (bicyclic) bond motifs is 1. The van der Waals surface area contributed by atoms with Crippen molar-refractivity contribution in [2.75, 3.05) is 20.1 Å². The molecule has 0 saturated carbocycles. The summed E-state index contributed by atoms with van der Waals surface area (Å²) >= 11 is 0. The second-order valence-corrected chi connectivity index (χ2v) is 10.7. The SMILES string of the molecule is CC1CCN(S(=O)(=O)c2cn(CC(=O)N(C)Cc3ccccc3)c(=O)c3ccccc23)CC1. The number of rotatable bonds is 6. The first-order valence-corrected chi connectivity index (χ1v) is 12.6. The molecule has 0 N–H and O–H groups in total. The van der Waals surface area contributed by atoms with Crippen molar-refractivity contribution in [1.82, 2.24) is 13.8 Å². The number of benzene rings is 2. The standard InChI is InChI=1S/C25H29N3O4S/c1-19-12-14-28(15-13-19)33(31,32)23-17-27(25(30)22-11-7-6-10-21(22)23)18-24(29)26(2)16-20-8-4-3-5-9-20/h3-11,17,19H,12-16,18H2,1-2H3. The number of hydrogen-bond acceptors (Lipinski definition) is 4. The number of piperidine rings is 1. The molecule has 0 radical (unpaired) electrons. The fraction of sp³-hybridized carbons (Fsp3) is 0.360. The Kier molecular flexibility index (Phi) is 6.67. The van der Waals surface area contributed by atoms with Crippen LogP contribution in [0.4, 0.5) is 0 Å². The van der Waals surface area contributed by atoms with Crippen LogP contribution in [-0.4, -0.2) is 48.2 Å². The van der Waals surface area contributed by atoms with Crippen LogP contribution in [-0.2, 0) is 27.9 Å². The molecule has 3 aromatic rings. The third-order valence-corrected chi connectivity index (χ3v) is 8.24. The highest BCUT2D eigenvalue weighted by atomic mass is 32.2. The average molecular weight is 468 g/mol. The molecule has 0 unspecified atom stereocenters. The molecular formula is C25H29N3O4S. The van der Waals surface area contributed by atoms with Crippen LogP contribution in [0.1, 0.15) is 25.3 Å². The van der Waals surface area contributed by atoms with E-state index in [4.69, 9.17) is 0 Å². The van der Waals surface area contributed by atoms with Crippen molar-refractivity contribution in [3.63, 3.8) is 0 Å². The quantitative estimate of drug-likeness (QED) is 0.558. The van der Waals surface area contributed by atoms with Gasteiger partial charge >= 0.3 is 0 Å². The van der Waals surface area contributed by atoms with Gasteiger partial charge < -0.3 is 9.47 Å². The van der Waals surface area contributed by atoms with Crippen LogP contribution in [0.3, 0.4) is 0 Å². The Bertz CT molecular complexity index is 1310. The maximum Gasteiger partial charge on any atom is 0.258 e. The largest absolute Gasteiger partial charge is 0.340 e. The van der Waals surface area contributed by atoms with Gasteiger partial charge in [0.2, 0.25) is 15.9 Å². The Morgan fingerprint density at radius 3 is 2.27 bits per heavy atom. The number of aromatic nitrogens is 1. The van der Waals surface area contributed by atoms with Gasteiger partial charge in [0.05, 0.1) is 0 Å². The van der Waals surface area contributed by atoms with E-state index in [9.17, 15) is 18.0 Å². The molecule has 174 valence electrons. The van der Waals surface area contributed by atoms with Crippen LogP contribution in [0.25, 0.3) is 10.8 Å². The number of sulfonamides is 1. The molecule has 8 heteroatoms. The zero-order chi connectivity index (χ0) is 23.6.